The number of hydrogen-bond acceptors (Lipinski definition) is 4. The fourth-order valence-corrected chi connectivity index (χ4v) is 3.58. The third-order valence-corrected chi connectivity index (χ3v) is 4.74. The number of nitrogens with one attached hydrogen (secondary N) is 1. The van der Waals surface area contributed by atoms with Crippen LogP contribution in [0.5, 0.6) is 11.5 Å². The number of halogens is 1. The van der Waals surface area contributed by atoms with Crippen LogP contribution in [0.25, 0.3) is 0 Å². The molecule has 1 amide bonds. The number of nitrogens with zero attached hydrogens (tertiary/aromatic N) is 1. The quantitative estimate of drug-likeness (QED) is 0.894. The molecule has 2 aliphatic heterocycles. The Morgan fingerprint density at radius 2 is 2.22 bits per heavy atom. The van der Waals surface area contributed by atoms with Crippen molar-refractivity contribution in [3.05, 3.63) is 22.7 Å². The maximum absolute atomic E-state index is 12.2. The molecule has 126 valence electrons. The molecule has 1 saturated heterocycles. The maximum atomic E-state index is 12.2. The molecule has 5 nitrogen and oxygen atoms in total. The molecular weight excluding hydrogens is 316 g/mol. The molecule has 0 aromatic heterocycles. The molecule has 0 radical (unpaired) electrons. The summed E-state index contributed by atoms with van der Waals surface area (Å²) >= 11 is 6.21. The van der Waals surface area contributed by atoms with Crippen molar-refractivity contribution in [1.29, 1.82) is 0 Å². The third-order valence-electron chi connectivity index (χ3n) is 4.46. The minimum absolute atomic E-state index is 0.0145. The van der Waals surface area contributed by atoms with E-state index in [4.69, 9.17) is 21.1 Å². The lowest BCUT2D eigenvalue weighted by molar-refractivity contribution is -0.120. The lowest BCUT2D eigenvalue weighted by Gasteiger charge is -2.23. The maximum Gasteiger partial charge on any atom is 0.224 e. The molecule has 1 aromatic carbocycles. The summed E-state index contributed by atoms with van der Waals surface area (Å²) in [6.07, 6.45) is 2.67. The van der Waals surface area contributed by atoms with Crippen LogP contribution in [0.3, 0.4) is 0 Å². The first-order chi connectivity index (χ1) is 11.2. The Morgan fingerprint density at radius 1 is 1.39 bits per heavy atom. The van der Waals surface area contributed by atoms with Gasteiger partial charge in [-0.1, -0.05) is 18.5 Å². The number of rotatable bonds is 5. The van der Waals surface area contributed by atoms with E-state index in [-0.39, 0.29) is 5.91 Å². The molecule has 2 aliphatic rings. The molecule has 0 saturated carbocycles. The van der Waals surface area contributed by atoms with Gasteiger partial charge in [0.05, 0.1) is 11.4 Å². The summed E-state index contributed by atoms with van der Waals surface area (Å²) in [5, 5.41) is 3.54. The Hall–Kier alpha value is -1.46. The minimum atomic E-state index is 0.0145. The molecular formula is C17H23ClN2O3. The average molecular weight is 339 g/mol. The van der Waals surface area contributed by atoms with Crippen molar-refractivity contribution in [2.75, 3.05) is 32.8 Å². The molecule has 2 heterocycles. The number of benzene rings is 1. The average Bonchev–Trinajstić information content (AvgIpc) is 3.00. The highest BCUT2D eigenvalue weighted by Gasteiger charge is 2.23. The van der Waals surface area contributed by atoms with Gasteiger partial charge in [0.15, 0.2) is 11.5 Å². The SMILES string of the molecule is CCN1CCCC1CNC(=O)Cc1cc(Cl)c2c(c1)OCCO2. The topological polar surface area (TPSA) is 50.8 Å². The van der Waals surface area contributed by atoms with Gasteiger partial charge in [0.25, 0.3) is 0 Å². The highest BCUT2D eigenvalue weighted by atomic mass is 35.5. The van der Waals surface area contributed by atoms with Gasteiger partial charge in [0, 0.05) is 12.6 Å². The fraction of sp³-hybridized carbons (Fsp3) is 0.588. The van der Waals surface area contributed by atoms with Gasteiger partial charge < -0.3 is 14.8 Å². The van der Waals surface area contributed by atoms with Crippen molar-refractivity contribution in [3.8, 4) is 11.5 Å². The van der Waals surface area contributed by atoms with Crippen molar-refractivity contribution in [2.24, 2.45) is 0 Å². The predicted molar refractivity (Wildman–Crippen MR) is 89.4 cm³/mol. The molecule has 0 spiro atoms. The van der Waals surface area contributed by atoms with E-state index in [0.29, 0.717) is 48.7 Å². The second-order valence-electron chi connectivity index (χ2n) is 6.01. The number of amides is 1. The van der Waals surface area contributed by atoms with Crippen LogP contribution in [0.2, 0.25) is 5.02 Å². The molecule has 1 aromatic rings. The number of fused-ring (bicyclic) bond motifs is 1. The lowest BCUT2D eigenvalue weighted by Crippen LogP contribution is -2.40. The molecule has 1 fully saturated rings. The highest BCUT2D eigenvalue weighted by Crippen LogP contribution is 2.38. The highest BCUT2D eigenvalue weighted by molar-refractivity contribution is 6.32. The number of likely N-dealkylation sites (tertiary alicyclic amines) is 1. The smallest absolute Gasteiger partial charge is 0.224 e. The summed E-state index contributed by atoms with van der Waals surface area (Å²) < 4.78 is 11.0. The Morgan fingerprint density at radius 3 is 3.04 bits per heavy atom. The molecule has 1 atom stereocenters. The standard InChI is InChI=1S/C17H23ClN2O3/c1-2-20-5-3-4-13(20)11-19-16(21)10-12-8-14(18)17-15(9-12)22-6-7-23-17/h8-9,13H,2-7,10-11H2,1H3,(H,19,21). The number of carbonyl (C=O) groups is 1. The number of likely N-dealkylation sites (N-methyl/N-ethyl adjacent to an activating group) is 1. The van der Waals surface area contributed by atoms with E-state index >= 15 is 0 Å². The second-order valence-corrected chi connectivity index (χ2v) is 6.41. The summed E-state index contributed by atoms with van der Waals surface area (Å²) in [5.74, 6) is 1.21. The van der Waals surface area contributed by atoms with Gasteiger partial charge in [-0.15, -0.1) is 0 Å². The van der Waals surface area contributed by atoms with E-state index in [1.807, 2.05) is 6.07 Å². The molecule has 1 unspecified atom stereocenters. The number of carbonyl (C=O) groups excluding carboxylic acids is 1. The van der Waals surface area contributed by atoms with Gasteiger partial charge in [-0.05, 0) is 43.6 Å². The third kappa shape index (κ3) is 3.90. The zero-order chi connectivity index (χ0) is 16.2. The van der Waals surface area contributed by atoms with Crippen molar-refractivity contribution >= 4 is 17.5 Å². The first-order valence-corrected chi connectivity index (χ1v) is 8.64. The predicted octanol–water partition coefficient (Wildman–Crippen LogP) is 2.25. The van der Waals surface area contributed by atoms with Gasteiger partial charge >= 0.3 is 0 Å². The molecule has 23 heavy (non-hydrogen) atoms. The molecule has 0 aliphatic carbocycles. The van der Waals surface area contributed by atoms with Crippen molar-refractivity contribution < 1.29 is 14.3 Å². The van der Waals surface area contributed by atoms with Crippen LogP contribution in [0.1, 0.15) is 25.3 Å². The first kappa shape index (κ1) is 16.4. The van der Waals surface area contributed by atoms with Gasteiger partial charge in [-0.2, -0.15) is 0 Å². The van der Waals surface area contributed by atoms with Crippen LogP contribution >= 0.6 is 11.6 Å². The minimum Gasteiger partial charge on any atom is -0.486 e. The normalized spacial score (nSPS) is 20.5. The van der Waals surface area contributed by atoms with E-state index in [0.717, 1.165) is 25.1 Å². The van der Waals surface area contributed by atoms with E-state index in [2.05, 4.69) is 17.1 Å². The monoisotopic (exact) mass is 338 g/mol. The first-order valence-electron chi connectivity index (χ1n) is 8.26. The summed E-state index contributed by atoms with van der Waals surface area (Å²) in [5.41, 5.74) is 0.843. The zero-order valence-corrected chi connectivity index (χ0v) is 14.2. The Kier molecular flexibility index (Phi) is 5.28. The summed E-state index contributed by atoms with van der Waals surface area (Å²) in [6, 6.07) is 4.09. The number of ether oxygens (including phenoxy) is 2. The van der Waals surface area contributed by atoms with Gasteiger partial charge in [-0.3, -0.25) is 9.69 Å². The van der Waals surface area contributed by atoms with Crippen LogP contribution in [0.4, 0.5) is 0 Å². The Balaban J connectivity index is 1.56. The zero-order valence-electron chi connectivity index (χ0n) is 13.4. The van der Waals surface area contributed by atoms with Gasteiger partial charge in [0.2, 0.25) is 5.91 Å². The van der Waals surface area contributed by atoms with Gasteiger partial charge in [0.1, 0.15) is 13.2 Å². The molecule has 6 heteroatoms. The van der Waals surface area contributed by atoms with Crippen molar-refractivity contribution in [1.82, 2.24) is 10.2 Å². The molecule has 0 bridgehead atoms. The molecule has 1 N–H and O–H groups in total. The van der Waals surface area contributed by atoms with E-state index in [1.54, 1.807) is 6.07 Å². The Bertz CT molecular complexity index is 579. The Labute approximate surface area is 141 Å². The van der Waals surface area contributed by atoms with Gasteiger partial charge in [-0.25, -0.2) is 0 Å². The lowest BCUT2D eigenvalue weighted by atomic mass is 10.1. The fourth-order valence-electron chi connectivity index (χ4n) is 3.29. The summed E-state index contributed by atoms with van der Waals surface area (Å²) in [7, 11) is 0. The summed E-state index contributed by atoms with van der Waals surface area (Å²) in [6.45, 7) is 6.06. The number of hydrogen-bond donors (Lipinski definition) is 1. The van der Waals surface area contributed by atoms with Crippen LogP contribution in [0, 0.1) is 0 Å². The van der Waals surface area contributed by atoms with Crippen LogP contribution in [-0.2, 0) is 11.2 Å². The largest absolute Gasteiger partial charge is 0.486 e. The van der Waals surface area contributed by atoms with Crippen molar-refractivity contribution in [2.45, 2.75) is 32.2 Å². The van der Waals surface area contributed by atoms with Crippen LogP contribution < -0.4 is 14.8 Å². The van der Waals surface area contributed by atoms with Crippen LogP contribution in [-0.4, -0.2) is 49.7 Å². The van der Waals surface area contributed by atoms with Crippen molar-refractivity contribution in [3.63, 3.8) is 0 Å². The van der Waals surface area contributed by atoms with E-state index < -0.39 is 0 Å². The van der Waals surface area contributed by atoms with Crippen LogP contribution in [0.15, 0.2) is 12.1 Å². The summed E-state index contributed by atoms with van der Waals surface area (Å²) in [4.78, 5) is 14.6. The molecule has 3 rings (SSSR count). The van der Waals surface area contributed by atoms with E-state index in [9.17, 15) is 4.79 Å². The second kappa shape index (κ2) is 7.41. The van der Waals surface area contributed by atoms with E-state index in [1.165, 1.54) is 6.42 Å².